The van der Waals surface area contributed by atoms with Crippen LogP contribution in [0.2, 0.25) is 0 Å². The van der Waals surface area contributed by atoms with Crippen LogP contribution in [0.15, 0.2) is 60.7 Å². The molecule has 0 fully saturated rings. The predicted octanol–water partition coefficient (Wildman–Crippen LogP) is 5.23. The summed E-state index contributed by atoms with van der Waals surface area (Å²) in [6.07, 6.45) is 1.37. The molecule has 0 aromatic heterocycles. The maximum Gasteiger partial charge on any atom is 0.120 e. The summed E-state index contributed by atoms with van der Waals surface area (Å²) < 4.78 is 6.01. The number of aliphatic hydroxyl groups excluding tert-OH is 2. The normalized spacial score (nSPS) is 11.5. The average Bonchev–Trinajstić information content (AvgIpc) is 2.82. The van der Waals surface area contributed by atoms with E-state index in [1.165, 1.54) is 0 Å². The smallest absolute Gasteiger partial charge is 0.120 e. The third kappa shape index (κ3) is 5.16. The van der Waals surface area contributed by atoms with Gasteiger partial charge in [0.1, 0.15) is 12.4 Å². The van der Waals surface area contributed by atoms with E-state index in [9.17, 15) is 15.3 Å². The van der Waals surface area contributed by atoms with E-state index in [2.05, 4.69) is 19.1 Å². The summed E-state index contributed by atoms with van der Waals surface area (Å²) in [6.45, 7) is 6.25. The van der Waals surface area contributed by atoms with Crippen molar-refractivity contribution in [3.63, 3.8) is 0 Å². The highest BCUT2D eigenvalue weighted by Crippen LogP contribution is 2.32. The first-order chi connectivity index (χ1) is 14.9. The molecule has 0 unspecified atom stereocenters. The van der Waals surface area contributed by atoms with Crippen LogP contribution in [-0.2, 0) is 25.4 Å². The van der Waals surface area contributed by atoms with Gasteiger partial charge < -0.3 is 20.1 Å². The molecule has 0 atom stereocenters. The molecular formula is C27H32O4. The SMILES string of the molecule is CCC(O)(CC)c1ccc(-c2cc(OCc3ccc(CO)c(CO)c3)ccc2C)cc1. The van der Waals surface area contributed by atoms with E-state index in [0.717, 1.165) is 39.1 Å². The Hall–Kier alpha value is -2.66. The van der Waals surface area contributed by atoms with Crippen LogP contribution >= 0.6 is 0 Å². The van der Waals surface area contributed by atoms with Gasteiger partial charge in [-0.1, -0.05) is 56.3 Å². The molecule has 0 aliphatic carbocycles. The summed E-state index contributed by atoms with van der Waals surface area (Å²) in [5.74, 6) is 0.764. The number of rotatable bonds is 9. The molecule has 0 saturated carbocycles. The summed E-state index contributed by atoms with van der Waals surface area (Å²) in [5, 5.41) is 29.6. The second-order valence-electron chi connectivity index (χ2n) is 8.00. The van der Waals surface area contributed by atoms with Crippen molar-refractivity contribution in [2.45, 2.75) is 59.0 Å². The molecule has 0 aliphatic heterocycles. The maximum absolute atomic E-state index is 10.8. The van der Waals surface area contributed by atoms with Crippen LogP contribution in [0.4, 0.5) is 0 Å². The predicted molar refractivity (Wildman–Crippen MR) is 124 cm³/mol. The highest BCUT2D eigenvalue weighted by molar-refractivity contribution is 5.69. The van der Waals surface area contributed by atoms with E-state index in [1.807, 2.05) is 62.4 Å². The molecule has 4 nitrogen and oxygen atoms in total. The Morgan fingerprint density at radius 3 is 2.10 bits per heavy atom. The van der Waals surface area contributed by atoms with Crippen LogP contribution in [0.5, 0.6) is 5.75 Å². The van der Waals surface area contributed by atoms with Gasteiger partial charge in [0.15, 0.2) is 0 Å². The molecule has 0 saturated heterocycles. The number of benzene rings is 3. The van der Waals surface area contributed by atoms with Crippen LogP contribution in [-0.4, -0.2) is 15.3 Å². The zero-order valence-electron chi connectivity index (χ0n) is 18.6. The van der Waals surface area contributed by atoms with Crippen molar-refractivity contribution in [3.8, 4) is 16.9 Å². The van der Waals surface area contributed by atoms with Gasteiger partial charge in [-0.2, -0.15) is 0 Å². The van der Waals surface area contributed by atoms with Crippen molar-refractivity contribution < 1.29 is 20.1 Å². The lowest BCUT2D eigenvalue weighted by Gasteiger charge is -2.26. The Balaban J connectivity index is 1.79. The molecule has 0 aliphatic rings. The van der Waals surface area contributed by atoms with Crippen molar-refractivity contribution in [2.75, 3.05) is 0 Å². The number of ether oxygens (including phenoxy) is 1. The van der Waals surface area contributed by atoms with Gasteiger partial charge in [0.05, 0.1) is 18.8 Å². The Kier molecular flexibility index (Phi) is 7.50. The van der Waals surface area contributed by atoms with Crippen LogP contribution in [0.25, 0.3) is 11.1 Å². The minimum Gasteiger partial charge on any atom is -0.489 e. The molecular weight excluding hydrogens is 388 g/mol. The zero-order valence-corrected chi connectivity index (χ0v) is 18.6. The standard InChI is InChI=1S/C27H32O4/c1-4-27(30,5-2)24-11-9-21(10-12-24)26-15-25(13-6-19(26)3)31-18-20-7-8-22(16-28)23(14-20)17-29/h6-15,28-30H,4-5,16-18H2,1-3H3. The van der Waals surface area contributed by atoms with E-state index in [1.54, 1.807) is 0 Å². The van der Waals surface area contributed by atoms with Gasteiger partial charge in [-0.15, -0.1) is 0 Å². The fraction of sp³-hybridized carbons (Fsp3) is 0.333. The quantitative estimate of drug-likeness (QED) is 0.443. The topological polar surface area (TPSA) is 69.9 Å². The molecule has 3 N–H and O–H groups in total. The van der Waals surface area contributed by atoms with Gasteiger partial charge in [-0.3, -0.25) is 0 Å². The second-order valence-corrected chi connectivity index (χ2v) is 8.00. The molecule has 3 aromatic rings. The molecule has 164 valence electrons. The molecule has 0 heterocycles. The lowest BCUT2D eigenvalue weighted by molar-refractivity contribution is 0.0284. The first-order valence-corrected chi connectivity index (χ1v) is 10.8. The summed E-state index contributed by atoms with van der Waals surface area (Å²) in [6, 6.07) is 19.7. The highest BCUT2D eigenvalue weighted by Gasteiger charge is 2.24. The van der Waals surface area contributed by atoms with E-state index in [4.69, 9.17) is 4.74 Å². The van der Waals surface area contributed by atoms with E-state index in [-0.39, 0.29) is 13.2 Å². The molecule has 0 radical (unpaired) electrons. The maximum atomic E-state index is 10.8. The van der Waals surface area contributed by atoms with E-state index in [0.29, 0.717) is 25.0 Å². The first-order valence-electron chi connectivity index (χ1n) is 10.8. The highest BCUT2D eigenvalue weighted by atomic mass is 16.5. The summed E-state index contributed by atoms with van der Waals surface area (Å²) in [7, 11) is 0. The molecule has 0 bridgehead atoms. The zero-order chi connectivity index (χ0) is 22.4. The second kappa shape index (κ2) is 10.1. The van der Waals surface area contributed by atoms with Gasteiger partial charge in [0.2, 0.25) is 0 Å². The Labute approximate surface area is 184 Å². The molecule has 3 aromatic carbocycles. The molecule has 0 spiro atoms. The minimum atomic E-state index is -0.780. The third-order valence-corrected chi connectivity index (χ3v) is 6.13. The van der Waals surface area contributed by atoms with Crippen LogP contribution in [0.1, 0.15) is 54.5 Å². The van der Waals surface area contributed by atoms with Crippen LogP contribution in [0, 0.1) is 6.92 Å². The Morgan fingerprint density at radius 2 is 1.48 bits per heavy atom. The van der Waals surface area contributed by atoms with Gasteiger partial charge >= 0.3 is 0 Å². The fourth-order valence-electron chi connectivity index (χ4n) is 3.86. The summed E-state index contributed by atoms with van der Waals surface area (Å²) in [4.78, 5) is 0. The molecule has 31 heavy (non-hydrogen) atoms. The molecule has 0 amide bonds. The summed E-state index contributed by atoms with van der Waals surface area (Å²) >= 11 is 0. The molecule has 3 rings (SSSR count). The number of hydrogen-bond acceptors (Lipinski definition) is 4. The van der Waals surface area contributed by atoms with Gasteiger partial charge in [0, 0.05) is 0 Å². The fourth-order valence-corrected chi connectivity index (χ4v) is 3.86. The van der Waals surface area contributed by atoms with Crippen LogP contribution < -0.4 is 4.74 Å². The Bertz CT molecular complexity index is 1000. The van der Waals surface area contributed by atoms with Crippen molar-refractivity contribution in [3.05, 3.63) is 88.5 Å². The minimum absolute atomic E-state index is 0.0922. The number of aliphatic hydroxyl groups is 3. The third-order valence-electron chi connectivity index (χ3n) is 6.13. The summed E-state index contributed by atoms with van der Waals surface area (Å²) in [5.41, 5.74) is 5.86. The first kappa shape index (κ1) is 23.0. The van der Waals surface area contributed by atoms with E-state index >= 15 is 0 Å². The van der Waals surface area contributed by atoms with E-state index < -0.39 is 5.60 Å². The van der Waals surface area contributed by atoms with Crippen molar-refractivity contribution >= 4 is 0 Å². The monoisotopic (exact) mass is 420 g/mol. The largest absolute Gasteiger partial charge is 0.489 e. The lowest BCUT2D eigenvalue weighted by Crippen LogP contribution is -2.23. The average molecular weight is 421 g/mol. The van der Waals surface area contributed by atoms with Gasteiger partial charge in [-0.05, 0) is 76.9 Å². The van der Waals surface area contributed by atoms with Crippen molar-refractivity contribution in [1.29, 1.82) is 0 Å². The number of aryl methyl sites for hydroxylation is 1. The van der Waals surface area contributed by atoms with Crippen molar-refractivity contribution in [2.24, 2.45) is 0 Å². The van der Waals surface area contributed by atoms with Crippen LogP contribution in [0.3, 0.4) is 0 Å². The molecule has 4 heteroatoms. The Morgan fingerprint density at radius 1 is 0.806 bits per heavy atom. The lowest BCUT2D eigenvalue weighted by atomic mass is 9.87. The van der Waals surface area contributed by atoms with Crippen molar-refractivity contribution in [1.82, 2.24) is 0 Å². The van der Waals surface area contributed by atoms with Gasteiger partial charge in [-0.25, -0.2) is 0 Å². The van der Waals surface area contributed by atoms with Gasteiger partial charge in [0.25, 0.3) is 0 Å². The number of hydrogen-bond donors (Lipinski definition) is 3.